The van der Waals surface area contributed by atoms with Gasteiger partial charge in [0, 0.05) is 28.3 Å². The maximum Gasteiger partial charge on any atom is 0.304 e. The molecule has 1 aliphatic rings. The first-order chi connectivity index (χ1) is 16.2. The molecule has 1 aliphatic heterocycles. The minimum Gasteiger partial charge on any atom is -0.481 e. The molecule has 1 N–H and O–H groups in total. The third-order valence-corrected chi connectivity index (χ3v) is 8.58. The van der Waals surface area contributed by atoms with Crippen LogP contribution in [-0.2, 0) is 19.4 Å². The van der Waals surface area contributed by atoms with Crippen LogP contribution in [-0.4, -0.2) is 48.4 Å². The summed E-state index contributed by atoms with van der Waals surface area (Å²) < 4.78 is 24.2. The minimum atomic E-state index is -3.30. The predicted octanol–water partition coefficient (Wildman–Crippen LogP) is 5.60. The summed E-state index contributed by atoms with van der Waals surface area (Å²) >= 11 is 12.5. The van der Waals surface area contributed by atoms with Gasteiger partial charge in [0.1, 0.15) is 9.84 Å². The highest BCUT2D eigenvalue weighted by molar-refractivity contribution is 7.90. The van der Waals surface area contributed by atoms with E-state index in [0.717, 1.165) is 11.1 Å². The molecule has 6 nitrogen and oxygen atoms in total. The largest absolute Gasteiger partial charge is 0.481 e. The first-order valence-electron chi connectivity index (χ1n) is 11.4. The quantitative estimate of drug-likeness (QED) is 0.471. The van der Waals surface area contributed by atoms with E-state index in [-0.39, 0.29) is 29.9 Å². The van der Waals surface area contributed by atoms with Crippen LogP contribution in [0.2, 0.25) is 10.0 Å². The van der Waals surface area contributed by atoms with E-state index in [0.29, 0.717) is 16.5 Å². The number of sulfone groups is 1. The Morgan fingerprint density at radius 2 is 1.74 bits per heavy atom. The zero-order valence-electron chi connectivity index (χ0n) is 20.2. The monoisotopic (exact) mass is 539 g/mol. The molecule has 35 heavy (non-hydrogen) atoms. The van der Waals surface area contributed by atoms with Gasteiger partial charge in [-0.05, 0) is 54.7 Å². The van der Waals surface area contributed by atoms with Crippen LogP contribution in [0.4, 0.5) is 0 Å². The fourth-order valence-electron chi connectivity index (χ4n) is 5.22. The summed E-state index contributed by atoms with van der Waals surface area (Å²) in [4.78, 5) is 27.6. The summed E-state index contributed by atoms with van der Waals surface area (Å²) in [5.74, 6) is -2.11. The number of rotatable bonds is 8. The average molecular weight is 541 g/mol. The van der Waals surface area contributed by atoms with Crippen molar-refractivity contribution in [3.63, 3.8) is 0 Å². The SMILES string of the molecule is CC(CS(C)(=O)=O)C(C)N1C(=O)C(C)(CC(=O)O)CC(c2cccc(Cl)c2)C1c1ccc(Cl)cc1. The molecule has 5 atom stereocenters. The van der Waals surface area contributed by atoms with E-state index in [4.69, 9.17) is 23.2 Å². The second-order valence-electron chi connectivity index (χ2n) is 10.0. The topological polar surface area (TPSA) is 91.8 Å². The van der Waals surface area contributed by atoms with Crippen molar-refractivity contribution in [2.45, 2.75) is 51.6 Å². The smallest absolute Gasteiger partial charge is 0.304 e. The van der Waals surface area contributed by atoms with Crippen LogP contribution in [0.3, 0.4) is 0 Å². The summed E-state index contributed by atoms with van der Waals surface area (Å²) in [6, 6.07) is 13.7. The van der Waals surface area contributed by atoms with Crippen LogP contribution in [0.15, 0.2) is 48.5 Å². The lowest BCUT2D eigenvalue weighted by Gasteiger charge is -2.52. The molecule has 1 fully saturated rings. The van der Waals surface area contributed by atoms with Crippen LogP contribution in [0, 0.1) is 11.3 Å². The summed E-state index contributed by atoms with van der Waals surface area (Å²) in [6.45, 7) is 5.31. The van der Waals surface area contributed by atoms with Gasteiger partial charge in [-0.25, -0.2) is 8.42 Å². The number of piperidine rings is 1. The molecule has 0 saturated carbocycles. The van der Waals surface area contributed by atoms with Crippen molar-refractivity contribution in [3.8, 4) is 0 Å². The summed E-state index contributed by atoms with van der Waals surface area (Å²) in [7, 11) is -3.30. The molecule has 1 saturated heterocycles. The number of aliphatic carboxylic acids is 1. The van der Waals surface area contributed by atoms with Crippen molar-refractivity contribution in [1.82, 2.24) is 4.90 Å². The molecule has 0 spiro atoms. The van der Waals surface area contributed by atoms with Gasteiger partial charge in [-0.15, -0.1) is 0 Å². The zero-order valence-corrected chi connectivity index (χ0v) is 22.6. The summed E-state index contributed by atoms with van der Waals surface area (Å²) in [5, 5.41) is 10.8. The predicted molar refractivity (Wildman–Crippen MR) is 139 cm³/mol. The number of benzene rings is 2. The van der Waals surface area contributed by atoms with Gasteiger partial charge in [0.05, 0.1) is 23.6 Å². The Balaban J connectivity index is 2.22. The highest BCUT2D eigenvalue weighted by Gasteiger charge is 2.52. The number of carbonyl (C=O) groups excluding carboxylic acids is 1. The third-order valence-electron chi connectivity index (χ3n) is 6.96. The number of halogens is 2. The molecule has 2 aromatic rings. The highest BCUT2D eigenvalue weighted by atomic mass is 35.5. The lowest BCUT2D eigenvalue weighted by atomic mass is 9.67. The number of carboxylic acids is 1. The molecule has 190 valence electrons. The van der Waals surface area contributed by atoms with Crippen molar-refractivity contribution in [3.05, 3.63) is 69.7 Å². The first-order valence-corrected chi connectivity index (χ1v) is 14.3. The fraction of sp³-hybridized carbons (Fsp3) is 0.462. The van der Waals surface area contributed by atoms with E-state index in [9.17, 15) is 23.1 Å². The Labute approximate surface area is 217 Å². The molecule has 0 bridgehead atoms. The number of carboxylic acid groups (broad SMARTS) is 1. The summed E-state index contributed by atoms with van der Waals surface area (Å²) in [5.41, 5.74) is 0.541. The standard InChI is InChI=1S/C26H31Cl2NO5S/c1-16(15-35(4,33)34)17(2)29-24(18-8-10-20(27)11-9-18)22(19-6-5-7-21(28)12-19)13-26(3,25(29)32)14-23(30)31/h5-12,16-17,22,24H,13-15H2,1-4H3,(H,30,31). The van der Waals surface area contributed by atoms with Crippen molar-refractivity contribution in [2.75, 3.05) is 12.0 Å². The van der Waals surface area contributed by atoms with Gasteiger partial charge in [0.15, 0.2) is 0 Å². The molecule has 0 aliphatic carbocycles. The highest BCUT2D eigenvalue weighted by Crippen LogP contribution is 2.52. The fourth-order valence-corrected chi connectivity index (χ4v) is 6.78. The third kappa shape index (κ3) is 6.38. The van der Waals surface area contributed by atoms with Gasteiger partial charge in [-0.1, -0.05) is 61.3 Å². The molecule has 1 heterocycles. The first kappa shape index (κ1) is 27.5. The number of carbonyl (C=O) groups is 2. The second kappa shape index (κ2) is 10.5. The van der Waals surface area contributed by atoms with Gasteiger partial charge in [0.2, 0.25) is 5.91 Å². The molecule has 3 rings (SSSR count). The van der Waals surface area contributed by atoms with Crippen LogP contribution >= 0.6 is 23.2 Å². The maximum absolute atomic E-state index is 14.0. The van der Waals surface area contributed by atoms with E-state index in [1.807, 2.05) is 37.3 Å². The van der Waals surface area contributed by atoms with Gasteiger partial charge < -0.3 is 10.0 Å². The van der Waals surface area contributed by atoms with E-state index in [1.165, 1.54) is 6.26 Å². The molecule has 1 amide bonds. The maximum atomic E-state index is 14.0. The molecule has 5 unspecified atom stereocenters. The Hall–Kier alpha value is -2.09. The van der Waals surface area contributed by atoms with E-state index >= 15 is 0 Å². The average Bonchev–Trinajstić information content (AvgIpc) is 2.74. The number of hydrogen-bond acceptors (Lipinski definition) is 4. The number of hydrogen-bond donors (Lipinski definition) is 1. The van der Waals surface area contributed by atoms with Gasteiger partial charge >= 0.3 is 5.97 Å². The Bertz CT molecular complexity index is 1200. The second-order valence-corrected chi connectivity index (χ2v) is 13.1. The normalized spacial score (nSPS) is 24.7. The van der Waals surface area contributed by atoms with Crippen molar-refractivity contribution < 1.29 is 23.1 Å². The van der Waals surface area contributed by atoms with Crippen LogP contribution in [0.25, 0.3) is 0 Å². The van der Waals surface area contributed by atoms with Crippen LogP contribution in [0.5, 0.6) is 0 Å². The Morgan fingerprint density at radius 1 is 1.11 bits per heavy atom. The van der Waals surface area contributed by atoms with E-state index in [2.05, 4.69) is 0 Å². The van der Waals surface area contributed by atoms with Crippen LogP contribution < -0.4 is 0 Å². The number of amides is 1. The minimum absolute atomic E-state index is 0.0945. The molecular weight excluding hydrogens is 509 g/mol. The van der Waals surface area contributed by atoms with Crippen LogP contribution in [0.1, 0.15) is 56.7 Å². The summed E-state index contributed by atoms with van der Waals surface area (Å²) in [6.07, 6.45) is 1.14. The number of likely N-dealkylation sites (tertiary alicyclic amines) is 1. The van der Waals surface area contributed by atoms with E-state index < -0.39 is 33.3 Å². The van der Waals surface area contributed by atoms with Gasteiger partial charge in [-0.3, -0.25) is 9.59 Å². The Morgan fingerprint density at radius 3 is 2.29 bits per heavy atom. The lowest BCUT2D eigenvalue weighted by molar-refractivity contribution is -0.161. The zero-order chi connectivity index (χ0) is 26.1. The van der Waals surface area contributed by atoms with Crippen molar-refractivity contribution in [2.24, 2.45) is 11.3 Å². The number of nitrogens with zero attached hydrogens (tertiary/aromatic N) is 1. The van der Waals surface area contributed by atoms with Gasteiger partial charge in [0.25, 0.3) is 0 Å². The van der Waals surface area contributed by atoms with Gasteiger partial charge in [-0.2, -0.15) is 0 Å². The molecular formula is C26H31Cl2NO5S. The lowest BCUT2D eigenvalue weighted by Crippen LogP contribution is -2.57. The molecule has 0 aromatic heterocycles. The van der Waals surface area contributed by atoms with E-state index in [1.54, 1.807) is 36.9 Å². The van der Waals surface area contributed by atoms with Crippen molar-refractivity contribution >= 4 is 44.9 Å². The Kier molecular flexibility index (Phi) is 8.24. The van der Waals surface area contributed by atoms with Crippen molar-refractivity contribution in [1.29, 1.82) is 0 Å². The molecule has 0 radical (unpaired) electrons. The molecule has 9 heteroatoms. The molecule has 2 aromatic carbocycles.